The van der Waals surface area contributed by atoms with E-state index in [2.05, 4.69) is 6.92 Å². The summed E-state index contributed by atoms with van der Waals surface area (Å²) < 4.78 is 27.5. The third-order valence-corrected chi connectivity index (χ3v) is 3.31. The minimum absolute atomic E-state index is 0.00119. The topological polar surface area (TPSA) is 43.4 Å². The molecule has 0 rings (SSSR count). The molecule has 0 bridgehead atoms. The van der Waals surface area contributed by atoms with Gasteiger partial charge in [-0.3, -0.25) is 4.18 Å². The highest BCUT2D eigenvalue weighted by Gasteiger charge is 2.08. The Morgan fingerprint density at radius 3 is 2.47 bits per heavy atom. The van der Waals surface area contributed by atoms with Crippen molar-refractivity contribution in [2.75, 3.05) is 12.4 Å². The van der Waals surface area contributed by atoms with E-state index in [4.69, 9.17) is 4.18 Å². The van der Waals surface area contributed by atoms with E-state index in [1.54, 1.807) is 6.08 Å². The quantitative estimate of drug-likeness (QED) is 0.368. The van der Waals surface area contributed by atoms with Gasteiger partial charge in [-0.15, -0.1) is 0 Å². The van der Waals surface area contributed by atoms with Gasteiger partial charge in [0.05, 0.1) is 12.4 Å². The second-order valence-electron chi connectivity index (χ2n) is 3.66. The highest BCUT2D eigenvalue weighted by Crippen LogP contribution is 2.03. The summed E-state index contributed by atoms with van der Waals surface area (Å²) in [6, 6.07) is 0. The second-order valence-corrected chi connectivity index (χ2v) is 5.34. The molecule has 0 heterocycles. The molecular weight excluding hydrogens is 212 g/mol. The van der Waals surface area contributed by atoms with Crippen molar-refractivity contribution in [2.24, 2.45) is 0 Å². The normalized spacial score (nSPS) is 13.1. The van der Waals surface area contributed by atoms with Gasteiger partial charge in [-0.05, 0) is 19.8 Å². The fourth-order valence-electron chi connectivity index (χ4n) is 0.975. The zero-order valence-electron chi connectivity index (χ0n) is 9.95. The number of allylic oxidation sites excluding steroid dienone is 1. The predicted octanol–water partition coefficient (Wildman–Crippen LogP) is 2.88. The molecule has 0 fully saturated rings. The molecule has 0 N–H and O–H groups in total. The lowest BCUT2D eigenvalue weighted by Crippen LogP contribution is -2.10. The van der Waals surface area contributed by atoms with Crippen LogP contribution in [-0.2, 0) is 14.3 Å². The molecular formula is C11H22O3S. The van der Waals surface area contributed by atoms with Crippen molar-refractivity contribution >= 4 is 10.1 Å². The van der Waals surface area contributed by atoms with Crippen LogP contribution in [0.2, 0.25) is 0 Å². The largest absolute Gasteiger partial charge is 0.270 e. The first-order valence-electron chi connectivity index (χ1n) is 5.54. The molecule has 0 saturated carbocycles. The van der Waals surface area contributed by atoms with Crippen LogP contribution in [0.25, 0.3) is 0 Å². The molecule has 0 aliphatic heterocycles. The van der Waals surface area contributed by atoms with Crippen molar-refractivity contribution in [1.29, 1.82) is 0 Å². The van der Waals surface area contributed by atoms with Crippen LogP contribution >= 0.6 is 0 Å². The van der Waals surface area contributed by atoms with E-state index >= 15 is 0 Å². The SMILES string of the molecule is CCCCCOS(=O)(=O)CC=C(C)CC. The first-order valence-corrected chi connectivity index (χ1v) is 7.12. The van der Waals surface area contributed by atoms with Crippen LogP contribution in [-0.4, -0.2) is 20.8 Å². The molecule has 0 aliphatic rings. The van der Waals surface area contributed by atoms with Gasteiger partial charge in [-0.2, -0.15) is 8.42 Å². The Morgan fingerprint density at radius 1 is 1.27 bits per heavy atom. The summed E-state index contributed by atoms with van der Waals surface area (Å²) in [4.78, 5) is 0. The van der Waals surface area contributed by atoms with Gasteiger partial charge in [0.1, 0.15) is 0 Å². The van der Waals surface area contributed by atoms with Crippen LogP contribution in [0.1, 0.15) is 46.5 Å². The van der Waals surface area contributed by atoms with E-state index in [9.17, 15) is 8.42 Å². The first kappa shape index (κ1) is 14.6. The Balaban J connectivity index is 3.88. The van der Waals surface area contributed by atoms with Crippen LogP contribution in [0.3, 0.4) is 0 Å². The lowest BCUT2D eigenvalue weighted by atomic mass is 10.2. The predicted molar refractivity (Wildman–Crippen MR) is 63.3 cm³/mol. The molecule has 0 spiro atoms. The summed E-state index contributed by atoms with van der Waals surface area (Å²) in [6.45, 7) is 6.31. The fourth-order valence-corrected chi connectivity index (χ4v) is 1.93. The van der Waals surface area contributed by atoms with Gasteiger partial charge in [0.25, 0.3) is 10.1 Å². The summed E-state index contributed by atoms with van der Waals surface area (Å²) in [5.74, 6) is -0.00119. The van der Waals surface area contributed by atoms with E-state index in [-0.39, 0.29) is 5.75 Å². The van der Waals surface area contributed by atoms with Crippen molar-refractivity contribution < 1.29 is 12.6 Å². The van der Waals surface area contributed by atoms with Crippen LogP contribution in [0.5, 0.6) is 0 Å². The molecule has 4 heteroatoms. The van der Waals surface area contributed by atoms with Crippen LogP contribution in [0, 0.1) is 0 Å². The third kappa shape index (κ3) is 8.63. The summed E-state index contributed by atoms with van der Waals surface area (Å²) >= 11 is 0. The molecule has 0 aromatic rings. The molecule has 0 amide bonds. The molecule has 3 nitrogen and oxygen atoms in total. The average Bonchev–Trinajstić information content (AvgIpc) is 2.21. The van der Waals surface area contributed by atoms with E-state index in [0.717, 1.165) is 31.3 Å². The smallest absolute Gasteiger partial charge is 0.270 e. The van der Waals surface area contributed by atoms with Crippen molar-refractivity contribution in [3.63, 3.8) is 0 Å². The Hall–Kier alpha value is -0.350. The highest BCUT2D eigenvalue weighted by atomic mass is 32.2. The second kappa shape index (κ2) is 7.88. The number of rotatable bonds is 8. The van der Waals surface area contributed by atoms with Gasteiger partial charge in [0, 0.05) is 0 Å². The molecule has 0 saturated heterocycles. The zero-order valence-corrected chi connectivity index (χ0v) is 10.8. The van der Waals surface area contributed by atoms with Gasteiger partial charge < -0.3 is 0 Å². The summed E-state index contributed by atoms with van der Waals surface area (Å²) in [7, 11) is -3.34. The lowest BCUT2D eigenvalue weighted by Gasteiger charge is -2.03. The van der Waals surface area contributed by atoms with Gasteiger partial charge in [0.2, 0.25) is 0 Å². The van der Waals surface area contributed by atoms with E-state index in [1.807, 2.05) is 13.8 Å². The average molecular weight is 234 g/mol. The maximum atomic E-state index is 11.3. The molecule has 0 aliphatic carbocycles. The Bertz CT molecular complexity index is 278. The molecule has 0 aromatic carbocycles. The minimum atomic E-state index is -3.34. The monoisotopic (exact) mass is 234 g/mol. The van der Waals surface area contributed by atoms with Crippen LogP contribution in [0.15, 0.2) is 11.6 Å². The van der Waals surface area contributed by atoms with Crippen molar-refractivity contribution in [3.8, 4) is 0 Å². The van der Waals surface area contributed by atoms with E-state index < -0.39 is 10.1 Å². The first-order chi connectivity index (χ1) is 7.02. The fraction of sp³-hybridized carbons (Fsp3) is 0.818. The lowest BCUT2D eigenvalue weighted by molar-refractivity contribution is 0.309. The molecule has 15 heavy (non-hydrogen) atoms. The zero-order chi connectivity index (χ0) is 11.7. The van der Waals surface area contributed by atoms with Crippen molar-refractivity contribution in [1.82, 2.24) is 0 Å². The third-order valence-electron chi connectivity index (χ3n) is 2.20. The molecule has 0 radical (unpaired) electrons. The summed E-state index contributed by atoms with van der Waals surface area (Å²) in [5, 5.41) is 0. The van der Waals surface area contributed by atoms with Crippen LogP contribution < -0.4 is 0 Å². The Labute approximate surface area is 93.6 Å². The number of unbranched alkanes of at least 4 members (excludes halogenated alkanes) is 2. The molecule has 0 aromatic heterocycles. The van der Waals surface area contributed by atoms with Gasteiger partial charge >= 0.3 is 0 Å². The van der Waals surface area contributed by atoms with E-state index in [1.165, 1.54) is 0 Å². The molecule has 0 atom stereocenters. The Kier molecular flexibility index (Phi) is 7.70. The standard InChI is InChI=1S/C11H22O3S/c1-4-6-7-9-14-15(12,13)10-8-11(3)5-2/h8H,4-7,9-10H2,1-3H3. The van der Waals surface area contributed by atoms with Gasteiger partial charge in [-0.1, -0.05) is 38.3 Å². The minimum Gasteiger partial charge on any atom is -0.270 e. The number of hydrogen-bond donors (Lipinski definition) is 0. The molecule has 90 valence electrons. The van der Waals surface area contributed by atoms with Gasteiger partial charge in [-0.25, -0.2) is 0 Å². The maximum Gasteiger partial charge on any atom is 0.270 e. The van der Waals surface area contributed by atoms with Crippen molar-refractivity contribution in [2.45, 2.75) is 46.5 Å². The van der Waals surface area contributed by atoms with Crippen molar-refractivity contribution in [3.05, 3.63) is 11.6 Å². The van der Waals surface area contributed by atoms with Crippen LogP contribution in [0.4, 0.5) is 0 Å². The highest BCUT2D eigenvalue weighted by molar-refractivity contribution is 7.86. The summed E-state index contributed by atoms with van der Waals surface area (Å²) in [5.41, 5.74) is 1.08. The van der Waals surface area contributed by atoms with Gasteiger partial charge in [0.15, 0.2) is 0 Å². The summed E-state index contributed by atoms with van der Waals surface area (Å²) in [6.07, 6.45) is 5.49. The maximum absolute atomic E-state index is 11.3. The Morgan fingerprint density at radius 2 is 1.93 bits per heavy atom. The van der Waals surface area contributed by atoms with E-state index in [0.29, 0.717) is 6.61 Å². The number of hydrogen-bond acceptors (Lipinski definition) is 3. The molecule has 0 unspecified atom stereocenters.